The Morgan fingerprint density at radius 3 is 2.24 bits per heavy atom. The van der Waals surface area contributed by atoms with Gasteiger partial charge in [0, 0.05) is 37.3 Å². The molecular formula is C42H63N5O2. The van der Waals surface area contributed by atoms with Crippen molar-refractivity contribution < 1.29 is 9.59 Å². The number of rotatable bonds is 18. The van der Waals surface area contributed by atoms with E-state index in [0.29, 0.717) is 42.8 Å². The number of amides is 1. The van der Waals surface area contributed by atoms with E-state index in [1.54, 1.807) is 6.08 Å². The lowest BCUT2D eigenvalue weighted by molar-refractivity contribution is -0.130. The lowest BCUT2D eigenvalue weighted by Gasteiger charge is -2.38. The van der Waals surface area contributed by atoms with Gasteiger partial charge in [0.15, 0.2) is 5.78 Å². The summed E-state index contributed by atoms with van der Waals surface area (Å²) in [6, 6.07) is 8.21. The second kappa shape index (κ2) is 14.8. The van der Waals surface area contributed by atoms with Crippen molar-refractivity contribution in [1.29, 1.82) is 0 Å². The standard InChI is InChI=1S/C42H63N5O2/c1-11-20-43-27(4)39(48)35(22-29-16-15-17-29)46-40(49)38-37-33(42(37,9)10)25-47(38)26(3)21-34(32-23-30-18-13-14-19-31(30)24-32)44-28(5)45-36(12-2)41(6,7)8/h11,13-14,18-19,29,32-38,43-45H,1,3-5,12,15-17,20-25H2,2,6-10H3,(H,46,49)/t33-,34?,35?,36?,37-,38?/m0/s1. The molecule has 7 heteroatoms. The van der Waals surface area contributed by atoms with Gasteiger partial charge < -0.3 is 26.2 Å². The van der Waals surface area contributed by atoms with E-state index in [0.717, 1.165) is 50.2 Å². The number of carbonyl (C=O) groups is 2. The molecule has 2 saturated carbocycles. The third kappa shape index (κ3) is 8.13. The van der Waals surface area contributed by atoms with E-state index in [4.69, 9.17) is 0 Å². The van der Waals surface area contributed by atoms with Crippen LogP contribution in [0.5, 0.6) is 0 Å². The zero-order chi connectivity index (χ0) is 35.7. The van der Waals surface area contributed by atoms with Crippen molar-refractivity contribution in [2.75, 3.05) is 13.1 Å². The number of hydrogen-bond donors (Lipinski definition) is 4. The van der Waals surface area contributed by atoms with Crippen LogP contribution in [0.2, 0.25) is 0 Å². The van der Waals surface area contributed by atoms with Crippen LogP contribution in [0.25, 0.3) is 0 Å². The fourth-order valence-corrected chi connectivity index (χ4v) is 8.95. The number of nitrogens with zero attached hydrogens (tertiary/aromatic N) is 1. The molecule has 1 aromatic carbocycles. The number of carbonyl (C=O) groups excluding carboxylic acids is 2. The Morgan fingerprint density at radius 1 is 1.04 bits per heavy atom. The van der Waals surface area contributed by atoms with Gasteiger partial charge in [0.25, 0.3) is 0 Å². The number of likely N-dealkylation sites (tertiary alicyclic amines) is 1. The molecule has 4 N–H and O–H groups in total. The number of nitrogens with one attached hydrogen (secondary N) is 4. The number of benzene rings is 1. The first-order chi connectivity index (χ1) is 23.1. The molecule has 1 aromatic rings. The summed E-state index contributed by atoms with van der Waals surface area (Å²) in [5.74, 6) is 2.13. The van der Waals surface area contributed by atoms with Crippen LogP contribution >= 0.6 is 0 Å². The van der Waals surface area contributed by atoms with Crippen LogP contribution in [-0.4, -0.2) is 53.8 Å². The Labute approximate surface area is 296 Å². The predicted octanol–water partition coefficient (Wildman–Crippen LogP) is 6.64. The second-order valence-electron chi connectivity index (χ2n) is 17.1. The number of Topliss-reactive ketones (excluding diaryl/α,β-unsaturated/α-hetero) is 1. The van der Waals surface area contributed by atoms with Crippen LogP contribution in [0, 0.1) is 34.5 Å². The van der Waals surface area contributed by atoms with Crippen molar-refractivity contribution in [2.45, 2.75) is 117 Å². The van der Waals surface area contributed by atoms with Crippen LogP contribution in [0.3, 0.4) is 0 Å². The van der Waals surface area contributed by atoms with E-state index < -0.39 is 6.04 Å². The molecule has 0 radical (unpaired) electrons. The largest absolute Gasteiger partial charge is 0.379 e. The molecule has 0 spiro atoms. The van der Waals surface area contributed by atoms with Crippen molar-refractivity contribution in [2.24, 2.45) is 34.5 Å². The summed E-state index contributed by atoms with van der Waals surface area (Å²) in [6.07, 6.45) is 9.46. The van der Waals surface area contributed by atoms with Crippen LogP contribution in [0.15, 0.2) is 73.9 Å². The lowest BCUT2D eigenvalue weighted by atomic mass is 9.80. The zero-order valence-corrected chi connectivity index (χ0v) is 31.2. The summed E-state index contributed by atoms with van der Waals surface area (Å²) in [7, 11) is 0. The van der Waals surface area contributed by atoms with Crippen LogP contribution in [0.4, 0.5) is 0 Å². The van der Waals surface area contributed by atoms with Crippen LogP contribution in [-0.2, 0) is 22.4 Å². The topological polar surface area (TPSA) is 85.5 Å². The smallest absolute Gasteiger partial charge is 0.243 e. The number of hydrogen-bond acceptors (Lipinski definition) is 6. The molecule has 0 aromatic heterocycles. The zero-order valence-electron chi connectivity index (χ0n) is 31.2. The van der Waals surface area contributed by atoms with E-state index in [9.17, 15) is 9.59 Å². The highest BCUT2D eigenvalue weighted by Crippen LogP contribution is 2.65. The molecular weight excluding hydrogens is 606 g/mol. The third-order valence-electron chi connectivity index (χ3n) is 12.3. The Kier molecular flexibility index (Phi) is 11.1. The Hall–Kier alpha value is -3.48. The molecule has 6 atom stereocenters. The predicted molar refractivity (Wildman–Crippen MR) is 201 cm³/mol. The second-order valence-corrected chi connectivity index (χ2v) is 17.1. The quantitative estimate of drug-likeness (QED) is 0.104. The first-order valence-electron chi connectivity index (χ1n) is 18.8. The highest BCUT2D eigenvalue weighted by molar-refractivity contribution is 6.01. The number of piperidine rings is 1. The van der Waals surface area contributed by atoms with E-state index in [-0.39, 0.29) is 46.6 Å². The maximum atomic E-state index is 14.4. The summed E-state index contributed by atoms with van der Waals surface area (Å²) >= 11 is 0. The number of ketones is 1. The molecule has 1 amide bonds. The van der Waals surface area contributed by atoms with Crippen molar-refractivity contribution in [3.8, 4) is 0 Å². The van der Waals surface area contributed by atoms with E-state index in [1.165, 1.54) is 17.5 Å². The summed E-state index contributed by atoms with van der Waals surface area (Å²) in [6.45, 7) is 31.7. The molecule has 1 saturated heterocycles. The van der Waals surface area contributed by atoms with Crippen molar-refractivity contribution in [1.82, 2.24) is 26.2 Å². The molecule has 4 aliphatic rings. The van der Waals surface area contributed by atoms with Gasteiger partial charge in [0.1, 0.15) is 6.04 Å². The van der Waals surface area contributed by atoms with Gasteiger partial charge in [0.05, 0.1) is 17.6 Å². The average molecular weight is 670 g/mol. The molecule has 1 heterocycles. The van der Waals surface area contributed by atoms with Crippen LogP contribution in [0.1, 0.15) is 91.2 Å². The Morgan fingerprint density at radius 2 is 1.69 bits per heavy atom. The van der Waals surface area contributed by atoms with Crippen molar-refractivity contribution in [3.63, 3.8) is 0 Å². The van der Waals surface area contributed by atoms with E-state index >= 15 is 0 Å². The molecule has 5 rings (SSSR count). The van der Waals surface area contributed by atoms with Gasteiger partial charge in [-0.2, -0.15) is 0 Å². The molecule has 1 aliphatic heterocycles. The minimum atomic E-state index is -0.589. The highest BCUT2D eigenvalue weighted by Gasteiger charge is 2.68. The van der Waals surface area contributed by atoms with Crippen LogP contribution < -0.4 is 21.3 Å². The van der Waals surface area contributed by atoms with Gasteiger partial charge >= 0.3 is 0 Å². The Bertz CT molecular complexity index is 1410. The van der Waals surface area contributed by atoms with Gasteiger partial charge in [-0.3, -0.25) is 9.59 Å². The monoisotopic (exact) mass is 669 g/mol. The maximum Gasteiger partial charge on any atom is 0.243 e. The van der Waals surface area contributed by atoms with E-state index in [1.807, 2.05) is 0 Å². The average Bonchev–Trinajstić information content (AvgIpc) is 3.40. The molecule has 4 unspecified atom stereocenters. The van der Waals surface area contributed by atoms with Crippen molar-refractivity contribution in [3.05, 3.63) is 85.0 Å². The first kappa shape index (κ1) is 36.8. The summed E-state index contributed by atoms with van der Waals surface area (Å²) in [5, 5.41) is 13.8. The molecule has 268 valence electrons. The fraction of sp³-hybridized carbons (Fsp3) is 0.619. The summed E-state index contributed by atoms with van der Waals surface area (Å²) in [4.78, 5) is 30.2. The number of fused-ring (bicyclic) bond motifs is 2. The minimum Gasteiger partial charge on any atom is -0.379 e. The van der Waals surface area contributed by atoms with Gasteiger partial charge in [-0.05, 0) is 71.3 Å². The van der Waals surface area contributed by atoms with Crippen molar-refractivity contribution >= 4 is 11.7 Å². The molecule has 3 aliphatic carbocycles. The molecule has 49 heavy (non-hydrogen) atoms. The van der Waals surface area contributed by atoms with E-state index in [2.05, 4.69) is 118 Å². The third-order valence-corrected chi connectivity index (χ3v) is 12.3. The normalized spacial score (nSPS) is 24.4. The maximum absolute atomic E-state index is 14.4. The fourth-order valence-electron chi connectivity index (χ4n) is 8.95. The molecule has 0 bridgehead atoms. The molecule has 7 nitrogen and oxygen atoms in total. The SMILES string of the molecule is C=CCNC(=C)C(=O)C(CC1CCC1)NC(=O)C1[C@@H]2[C@H](CN1C(=C)CC(NC(=C)NC(CC)C(C)(C)C)C1Cc3ccccc3C1)C2(C)C. The van der Waals surface area contributed by atoms with Gasteiger partial charge in [-0.25, -0.2) is 0 Å². The van der Waals surface area contributed by atoms with Gasteiger partial charge in [-0.1, -0.05) is 111 Å². The summed E-state index contributed by atoms with van der Waals surface area (Å²) < 4.78 is 0. The highest BCUT2D eigenvalue weighted by atomic mass is 16.2. The van der Waals surface area contributed by atoms with Gasteiger partial charge in [-0.15, -0.1) is 6.58 Å². The Balaban J connectivity index is 1.34. The minimum absolute atomic E-state index is 0.0618. The summed E-state index contributed by atoms with van der Waals surface area (Å²) in [5.41, 5.74) is 4.31. The first-order valence-corrected chi connectivity index (χ1v) is 18.8. The van der Waals surface area contributed by atoms with Gasteiger partial charge in [0.2, 0.25) is 5.91 Å². The molecule has 3 fully saturated rings. The lowest BCUT2D eigenvalue weighted by Crippen LogP contribution is -2.53.